The minimum absolute atomic E-state index is 0.233. The lowest BCUT2D eigenvalue weighted by Gasteiger charge is -2.21. The van der Waals surface area contributed by atoms with Crippen molar-refractivity contribution in [3.8, 4) is 0 Å². The van der Waals surface area contributed by atoms with Crippen LogP contribution < -0.4 is 10.5 Å². The highest BCUT2D eigenvalue weighted by Gasteiger charge is 2.48. The number of hydrogen-bond donors (Lipinski definition) is 2. The van der Waals surface area contributed by atoms with Crippen LogP contribution in [0.15, 0.2) is 58.3 Å². The van der Waals surface area contributed by atoms with Crippen LogP contribution in [-0.2, 0) is 26.3 Å². The van der Waals surface area contributed by atoms with E-state index < -0.39 is 41.2 Å². The van der Waals surface area contributed by atoms with Gasteiger partial charge in [-0.15, -0.1) is 0 Å². The molecule has 0 heterocycles. The largest absolute Gasteiger partial charge is 0.501 e. The molecule has 0 amide bonds. The lowest BCUT2D eigenvalue weighted by atomic mass is 10.0. The van der Waals surface area contributed by atoms with E-state index in [0.717, 1.165) is 17.7 Å². The van der Waals surface area contributed by atoms with Crippen molar-refractivity contribution >= 4 is 25.5 Å². The van der Waals surface area contributed by atoms with Gasteiger partial charge in [0.25, 0.3) is 9.84 Å². The molecular weight excluding hydrogens is 417 g/mol. The maximum Gasteiger partial charge on any atom is 0.501 e. The first-order valence-electron chi connectivity index (χ1n) is 7.94. The summed E-state index contributed by atoms with van der Waals surface area (Å²) in [4.78, 5) is -1.95. The van der Waals surface area contributed by atoms with E-state index >= 15 is 0 Å². The SMILES string of the molecule is [CH2]CC(Cc1ccccc1)Nc1ccc(S(N)(=O)=O)cc1S(=O)(=O)C(F)(F)F. The van der Waals surface area contributed by atoms with Crippen molar-refractivity contribution in [2.45, 2.75) is 34.2 Å². The summed E-state index contributed by atoms with van der Waals surface area (Å²) < 4.78 is 86.1. The van der Waals surface area contributed by atoms with Crippen molar-refractivity contribution < 1.29 is 30.0 Å². The third-order valence-electron chi connectivity index (χ3n) is 3.91. The van der Waals surface area contributed by atoms with Crippen molar-refractivity contribution in [3.63, 3.8) is 0 Å². The molecular formula is C17H18F3N2O4S2. The normalized spacial score (nSPS) is 13.9. The molecule has 0 aromatic heterocycles. The van der Waals surface area contributed by atoms with Crippen molar-refractivity contribution in [2.24, 2.45) is 5.14 Å². The maximum absolute atomic E-state index is 13.1. The smallest absolute Gasteiger partial charge is 0.381 e. The molecule has 11 heteroatoms. The van der Waals surface area contributed by atoms with E-state index in [1.165, 1.54) is 0 Å². The Hall–Kier alpha value is -2.11. The second kappa shape index (κ2) is 8.10. The van der Waals surface area contributed by atoms with Crippen molar-refractivity contribution in [2.75, 3.05) is 5.32 Å². The van der Waals surface area contributed by atoms with Crippen LogP contribution in [0.3, 0.4) is 0 Å². The first-order valence-corrected chi connectivity index (χ1v) is 11.0. The van der Waals surface area contributed by atoms with E-state index in [-0.39, 0.29) is 12.1 Å². The number of sulfone groups is 1. The first kappa shape index (κ1) is 22.2. The van der Waals surface area contributed by atoms with Gasteiger partial charge in [-0.05, 0) is 36.6 Å². The van der Waals surface area contributed by atoms with Crippen LogP contribution >= 0.6 is 0 Å². The number of benzene rings is 2. The minimum atomic E-state index is -5.82. The Bertz CT molecular complexity index is 1040. The van der Waals surface area contributed by atoms with Crippen molar-refractivity contribution in [1.82, 2.24) is 0 Å². The molecule has 0 fully saturated rings. The molecule has 0 aliphatic heterocycles. The van der Waals surface area contributed by atoms with Gasteiger partial charge in [0.1, 0.15) is 4.90 Å². The van der Waals surface area contributed by atoms with Gasteiger partial charge < -0.3 is 5.32 Å². The number of sulfonamides is 1. The molecule has 0 saturated heterocycles. The molecule has 6 nitrogen and oxygen atoms in total. The fraction of sp³-hybridized carbons (Fsp3) is 0.235. The summed E-state index contributed by atoms with van der Waals surface area (Å²) in [7, 11) is -10.2. The Morgan fingerprint density at radius 3 is 2.14 bits per heavy atom. The molecule has 2 rings (SSSR count). The lowest BCUT2D eigenvalue weighted by molar-refractivity contribution is -0.0435. The number of rotatable bonds is 7. The lowest BCUT2D eigenvalue weighted by Crippen LogP contribution is -2.27. The zero-order valence-corrected chi connectivity index (χ0v) is 16.1. The number of nitrogens with one attached hydrogen (secondary N) is 1. The monoisotopic (exact) mass is 435 g/mol. The standard InChI is InChI=1S/C17H18F3N2O4S2/c1-2-13(10-12-6-4-3-5-7-12)22-15-9-8-14(28(21,25)26)11-16(15)27(23,24)17(18,19)20/h3-9,11,13,22H,1-2,10H2,(H2,21,25,26). The summed E-state index contributed by atoms with van der Waals surface area (Å²) in [6.07, 6.45) is 0.601. The van der Waals surface area contributed by atoms with Gasteiger partial charge in [0.2, 0.25) is 10.0 Å². The third-order valence-corrected chi connectivity index (χ3v) is 6.35. The van der Waals surface area contributed by atoms with Crippen LogP contribution in [0.2, 0.25) is 0 Å². The van der Waals surface area contributed by atoms with Gasteiger partial charge in [0, 0.05) is 6.04 Å². The fourth-order valence-corrected chi connectivity index (χ4v) is 4.05. The summed E-state index contributed by atoms with van der Waals surface area (Å²) >= 11 is 0. The van der Waals surface area contributed by atoms with Crippen molar-refractivity contribution in [1.29, 1.82) is 0 Å². The van der Waals surface area contributed by atoms with Gasteiger partial charge in [-0.25, -0.2) is 22.0 Å². The van der Waals surface area contributed by atoms with Crippen LogP contribution in [0.1, 0.15) is 12.0 Å². The van der Waals surface area contributed by atoms with Crippen LogP contribution in [0, 0.1) is 6.92 Å². The Kier molecular flexibility index (Phi) is 6.41. The van der Waals surface area contributed by atoms with Gasteiger partial charge in [0.15, 0.2) is 0 Å². The molecule has 1 radical (unpaired) electrons. The van der Waals surface area contributed by atoms with Crippen LogP contribution in [0.4, 0.5) is 18.9 Å². The third kappa shape index (κ3) is 5.03. The van der Waals surface area contributed by atoms with E-state index in [0.29, 0.717) is 12.5 Å². The molecule has 153 valence electrons. The van der Waals surface area contributed by atoms with Crippen LogP contribution in [-0.4, -0.2) is 28.4 Å². The van der Waals surface area contributed by atoms with Gasteiger partial charge in [-0.2, -0.15) is 13.2 Å². The fourth-order valence-electron chi connectivity index (χ4n) is 2.49. The Morgan fingerprint density at radius 1 is 1.04 bits per heavy atom. The minimum Gasteiger partial charge on any atom is -0.381 e. The Morgan fingerprint density at radius 2 is 1.64 bits per heavy atom. The molecule has 2 aromatic rings. The molecule has 0 aliphatic carbocycles. The second-order valence-electron chi connectivity index (χ2n) is 5.97. The number of halogens is 3. The molecule has 28 heavy (non-hydrogen) atoms. The Labute approximate surface area is 161 Å². The van der Waals surface area contributed by atoms with Gasteiger partial charge in [-0.3, -0.25) is 0 Å². The van der Waals surface area contributed by atoms with Gasteiger partial charge >= 0.3 is 5.51 Å². The first-order chi connectivity index (χ1) is 12.9. The van der Waals surface area contributed by atoms with E-state index in [1.807, 2.05) is 12.1 Å². The predicted molar refractivity (Wildman–Crippen MR) is 98.6 cm³/mol. The second-order valence-corrected chi connectivity index (χ2v) is 9.44. The van der Waals surface area contributed by atoms with Gasteiger partial charge in [0.05, 0.1) is 10.6 Å². The quantitative estimate of drug-likeness (QED) is 0.696. The summed E-state index contributed by atoms with van der Waals surface area (Å²) in [6, 6.07) is 10.8. The number of alkyl halides is 3. The highest BCUT2D eigenvalue weighted by molar-refractivity contribution is 7.92. The molecule has 0 aliphatic rings. The summed E-state index contributed by atoms with van der Waals surface area (Å²) in [5, 5.41) is 7.65. The van der Waals surface area contributed by atoms with Crippen LogP contribution in [0.25, 0.3) is 0 Å². The molecule has 1 unspecified atom stereocenters. The highest BCUT2D eigenvalue weighted by atomic mass is 32.2. The predicted octanol–water partition coefficient (Wildman–Crippen LogP) is 2.87. The topological polar surface area (TPSA) is 106 Å². The molecule has 0 saturated carbocycles. The summed E-state index contributed by atoms with van der Waals surface area (Å²) in [5.74, 6) is 0. The van der Waals surface area contributed by atoms with E-state index in [4.69, 9.17) is 5.14 Å². The average molecular weight is 435 g/mol. The highest BCUT2D eigenvalue weighted by Crippen LogP contribution is 2.36. The van der Waals surface area contributed by atoms with E-state index in [9.17, 15) is 30.0 Å². The molecule has 0 bridgehead atoms. The zero-order valence-electron chi connectivity index (χ0n) is 14.5. The van der Waals surface area contributed by atoms with Crippen LogP contribution in [0.5, 0.6) is 0 Å². The summed E-state index contributed by atoms with van der Waals surface area (Å²) in [5.41, 5.74) is -5.13. The molecule has 0 spiro atoms. The average Bonchev–Trinajstić information content (AvgIpc) is 2.60. The Balaban J connectivity index is 2.50. The van der Waals surface area contributed by atoms with E-state index in [1.54, 1.807) is 18.2 Å². The number of hydrogen-bond acceptors (Lipinski definition) is 5. The number of anilines is 1. The number of primary sulfonamides is 1. The molecule has 2 aromatic carbocycles. The maximum atomic E-state index is 13.1. The van der Waals surface area contributed by atoms with Gasteiger partial charge in [-0.1, -0.05) is 37.3 Å². The molecule has 1 atom stereocenters. The van der Waals surface area contributed by atoms with Crippen molar-refractivity contribution in [3.05, 3.63) is 61.0 Å². The zero-order chi connectivity index (χ0) is 21.2. The summed E-state index contributed by atoms with van der Waals surface area (Å²) in [6.45, 7) is 3.73. The van der Waals surface area contributed by atoms with E-state index in [2.05, 4.69) is 12.2 Å². The molecule has 3 N–H and O–H groups in total. The number of nitrogens with two attached hydrogens (primary N) is 1.